The molecule has 0 radical (unpaired) electrons. The van der Waals surface area contributed by atoms with E-state index in [9.17, 15) is 4.79 Å². The number of hydrogen-bond donors (Lipinski definition) is 1. The number of nitrogens with zero attached hydrogens (tertiary/aromatic N) is 1. The predicted octanol–water partition coefficient (Wildman–Crippen LogP) is 3.23. The summed E-state index contributed by atoms with van der Waals surface area (Å²) < 4.78 is 5.86. The van der Waals surface area contributed by atoms with E-state index >= 15 is 0 Å². The third-order valence-corrected chi connectivity index (χ3v) is 5.14. The molecule has 2 saturated heterocycles. The number of hydrogen-bond acceptors (Lipinski definition) is 3. The van der Waals surface area contributed by atoms with Crippen molar-refractivity contribution in [3.63, 3.8) is 0 Å². The van der Waals surface area contributed by atoms with Gasteiger partial charge in [-0.25, -0.2) is 0 Å². The molecule has 2 atom stereocenters. The molecule has 4 heteroatoms. The van der Waals surface area contributed by atoms with Crippen LogP contribution in [0.2, 0.25) is 0 Å². The minimum absolute atomic E-state index is 0.111. The maximum Gasteiger partial charge on any atom is 0.254 e. The second-order valence-electron chi connectivity index (χ2n) is 6.98. The third-order valence-electron chi connectivity index (χ3n) is 5.14. The van der Waals surface area contributed by atoms with Crippen molar-refractivity contribution in [2.24, 2.45) is 0 Å². The van der Waals surface area contributed by atoms with Crippen LogP contribution < -0.4 is 10.1 Å². The normalized spacial score (nSPS) is 22.5. The highest BCUT2D eigenvalue weighted by Gasteiger charge is 2.31. The van der Waals surface area contributed by atoms with E-state index in [2.05, 4.69) is 5.32 Å². The topological polar surface area (TPSA) is 41.6 Å². The molecule has 2 fully saturated rings. The largest absolute Gasteiger partial charge is 0.489 e. The van der Waals surface area contributed by atoms with Crippen LogP contribution in [0.4, 0.5) is 0 Å². The zero-order valence-electron chi connectivity index (χ0n) is 14.4. The molecule has 2 unspecified atom stereocenters. The highest BCUT2D eigenvalue weighted by molar-refractivity contribution is 5.94. The van der Waals surface area contributed by atoms with E-state index in [0.717, 1.165) is 30.8 Å². The van der Waals surface area contributed by atoms with Crippen LogP contribution in [-0.4, -0.2) is 36.0 Å². The smallest absolute Gasteiger partial charge is 0.254 e. The molecule has 2 aliphatic rings. The fourth-order valence-corrected chi connectivity index (χ4v) is 3.77. The lowest BCUT2D eigenvalue weighted by Gasteiger charge is -2.24. The maximum absolute atomic E-state index is 12.9. The molecule has 2 heterocycles. The minimum Gasteiger partial charge on any atom is -0.489 e. The first-order valence-electron chi connectivity index (χ1n) is 9.10. The molecule has 130 valence electrons. The number of nitrogens with one attached hydrogen (secondary N) is 1. The summed E-state index contributed by atoms with van der Waals surface area (Å²) in [6, 6.07) is 18.7. The summed E-state index contributed by atoms with van der Waals surface area (Å²) >= 11 is 0. The highest BCUT2D eigenvalue weighted by atomic mass is 16.5. The van der Waals surface area contributed by atoms with Gasteiger partial charge in [-0.15, -0.1) is 0 Å². The molecule has 0 spiro atoms. The molecule has 0 aromatic heterocycles. The Morgan fingerprint density at radius 2 is 1.88 bits per heavy atom. The zero-order valence-corrected chi connectivity index (χ0v) is 14.4. The standard InChI is InChI=1S/C21H24N2O2/c24-21(23-12-11-18-9-10-19(14-23)22-18)17-7-4-8-20(13-17)25-15-16-5-2-1-3-6-16/h1-8,13,18-19,22H,9-12,14-15H2. The van der Waals surface area contributed by atoms with Gasteiger partial charge in [0.1, 0.15) is 12.4 Å². The van der Waals surface area contributed by atoms with Crippen molar-refractivity contribution in [1.29, 1.82) is 0 Å². The van der Waals surface area contributed by atoms with E-state index < -0.39 is 0 Å². The summed E-state index contributed by atoms with van der Waals surface area (Å²) in [6.45, 7) is 2.16. The molecular weight excluding hydrogens is 312 g/mol. The average Bonchev–Trinajstić information content (AvgIpc) is 2.99. The summed E-state index contributed by atoms with van der Waals surface area (Å²) in [5.41, 5.74) is 1.83. The van der Waals surface area contributed by atoms with Crippen molar-refractivity contribution < 1.29 is 9.53 Å². The first-order chi connectivity index (χ1) is 12.3. The zero-order chi connectivity index (χ0) is 17.1. The van der Waals surface area contributed by atoms with Crippen LogP contribution in [0.3, 0.4) is 0 Å². The average molecular weight is 336 g/mol. The van der Waals surface area contributed by atoms with E-state index in [0.29, 0.717) is 24.3 Å². The first-order valence-corrected chi connectivity index (χ1v) is 9.10. The number of benzene rings is 2. The molecule has 0 aliphatic carbocycles. The van der Waals surface area contributed by atoms with E-state index in [1.807, 2.05) is 59.5 Å². The van der Waals surface area contributed by atoms with Crippen LogP contribution >= 0.6 is 0 Å². The second-order valence-corrected chi connectivity index (χ2v) is 6.98. The summed E-state index contributed by atoms with van der Waals surface area (Å²) in [5.74, 6) is 0.851. The Morgan fingerprint density at radius 1 is 1.04 bits per heavy atom. The molecular formula is C21H24N2O2. The molecule has 2 aromatic carbocycles. The Balaban J connectivity index is 1.42. The molecule has 1 amide bonds. The van der Waals surface area contributed by atoms with Crippen molar-refractivity contribution in [2.45, 2.75) is 38.0 Å². The number of fused-ring (bicyclic) bond motifs is 2. The van der Waals surface area contributed by atoms with E-state index in [-0.39, 0.29) is 5.91 Å². The van der Waals surface area contributed by atoms with Crippen LogP contribution in [0.1, 0.15) is 35.2 Å². The number of likely N-dealkylation sites (tertiary alicyclic amines) is 1. The third kappa shape index (κ3) is 3.85. The van der Waals surface area contributed by atoms with Gasteiger partial charge in [0.05, 0.1) is 0 Å². The molecule has 2 bridgehead atoms. The lowest BCUT2D eigenvalue weighted by Crippen LogP contribution is -2.39. The van der Waals surface area contributed by atoms with Gasteiger partial charge in [0.2, 0.25) is 0 Å². The van der Waals surface area contributed by atoms with Crippen molar-refractivity contribution in [3.8, 4) is 5.75 Å². The minimum atomic E-state index is 0.111. The van der Waals surface area contributed by atoms with Crippen molar-refractivity contribution in [3.05, 3.63) is 65.7 Å². The summed E-state index contributed by atoms with van der Waals surface area (Å²) in [5, 5.41) is 3.62. The van der Waals surface area contributed by atoms with Crippen LogP contribution in [-0.2, 0) is 6.61 Å². The molecule has 0 saturated carbocycles. The van der Waals surface area contributed by atoms with Gasteiger partial charge in [-0.2, -0.15) is 0 Å². The Hall–Kier alpha value is -2.33. The number of rotatable bonds is 4. The Bertz CT molecular complexity index is 732. The Kier molecular flexibility index (Phi) is 4.70. The van der Waals surface area contributed by atoms with Crippen molar-refractivity contribution in [1.82, 2.24) is 10.2 Å². The summed E-state index contributed by atoms with van der Waals surface area (Å²) in [6.07, 6.45) is 3.47. The monoisotopic (exact) mass is 336 g/mol. The lowest BCUT2D eigenvalue weighted by atomic mass is 10.1. The van der Waals surface area contributed by atoms with Gasteiger partial charge in [-0.05, 0) is 43.0 Å². The van der Waals surface area contributed by atoms with Gasteiger partial charge in [-0.3, -0.25) is 4.79 Å². The quantitative estimate of drug-likeness (QED) is 0.932. The number of carbonyl (C=O) groups excluding carboxylic acids is 1. The van der Waals surface area contributed by atoms with E-state index in [1.165, 1.54) is 12.8 Å². The number of ether oxygens (including phenoxy) is 1. The van der Waals surface area contributed by atoms with Crippen molar-refractivity contribution in [2.75, 3.05) is 13.1 Å². The molecule has 2 aliphatic heterocycles. The van der Waals surface area contributed by atoms with Gasteiger partial charge in [0, 0.05) is 30.7 Å². The fraction of sp³-hybridized carbons (Fsp3) is 0.381. The van der Waals surface area contributed by atoms with Crippen LogP contribution in [0.15, 0.2) is 54.6 Å². The first kappa shape index (κ1) is 16.2. The molecule has 4 nitrogen and oxygen atoms in total. The summed E-state index contributed by atoms with van der Waals surface area (Å²) in [7, 11) is 0. The molecule has 25 heavy (non-hydrogen) atoms. The van der Waals surface area contributed by atoms with Gasteiger partial charge < -0.3 is 15.0 Å². The Labute approximate surface area is 148 Å². The SMILES string of the molecule is O=C(c1cccc(OCc2ccccc2)c1)N1CCC2CCC(C1)N2. The van der Waals surface area contributed by atoms with Gasteiger partial charge in [0.25, 0.3) is 5.91 Å². The van der Waals surface area contributed by atoms with Gasteiger partial charge in [-0.1, -0.05) is 36.4 Å². The fourth-order valence-electron chi connectivity index (χ4n) is 3.77. The van der Waals surface area contributed by atoms with Crippen LogP contribution in [0, 0.1) is 0 Å². The second kappa shape index (κ2) is 7.28. The molecule has 4 rings (SSSR count). The van der Waals surface area contributed by atoms with Gasteiger partial charge in [0.15, 0.2) is 0 Å². The molecule has 1 N–H and O–H groups in total. The van der Waals surface area contributed by atoms with Gasteiger partial charge >= 0.3 is 0 Å². The maximum atomic E-state index is 12.9. The van der Waals surface area contributed by atoms with E-state index in [1.54, 1.807) is 0 Å². The molecule has 2 aromatic rings. The predicted molar refractivity (Wildman–Crippen MR) is 97.7 cm³/mol. The van der Waals surface area contributed by atoms with Crippen LogP contribution in [0.25, 0.3) is 0 Å². The lowest BCUT2D eigenvalue weighted by molar-refractivity contribution is 0.0747. The van der Waals surface area contributed by atoms with E-state index in [4.69, 9.17) is 4.74 Å². The highest BCUT2D eigenvalue weighted by Crippen LogP contribution is 2.23. The van der Waals surface area contributed by atoms with Crippen molar-refractivity contribution >= 4 is 5.91 Å². The summed E-state index contributed by atoms with van der Waals surface area (Å²) in [4.78, 5) is 14.9. The van der Waals surface area contributed by atoms with Crippen LogP contribution in [0.5, 0.6) is 5.75 Å². The number of carbonyl (C=O) groups is 1. The Morgan fingerprint density at radius 3 is 2.76 bits per heavy atom. The number of amides is 1.